The number of rotatable bonds is 1. The van der Waals surface area contributed by atoms with Gasteiger partial charge in [-0.3, -0.25) is 0 Å². The van der Waals surface area contributed by atoms with Crippen molar-refractivity contribution in [2.45, 2.75) is 32.6 Å². The summed E-state index contributed by atoms with van der Waals surface area (Å²) in [6.45, 7) is 4.69. The van der Waals surface area contributed by atoms with Crippen molar-refractivity contribution in [3.63, 3.8) is 0 Å². The highest BCUT2D eigenvalue weighted by Crippen LogP contribution is 2.46. The van der Waals surface area contributed by atoms with E-state index in [4.69, 9.17) is 11.6 Å². The lowest BCUT2D eigenvalue weighted by Gasteiger charge is -2.20. The van der Waals surface area contributed by atoms with E-state index < -0.39 is 0 Å². The van der Waals surface area contributed by atoms with Crippen molar-refractivity contribution < 1.29 is 0 Å². The molecule has 1 saturated carbocycles. The van der Waals surface area contributed by atoms with Gasteiger partial charge >= 0.3 is 0 Å². The Labute approximate surface area is 106 Å². The van der Waals surface area contributed by atoms with Crippen molar-refractivity contribution in [3.05, 3.63) is 29.0 Å². The molecule has 3 unspecified atom stereocenters. The van der Waals surface area contributed by atoms with Gasteiger partial charge in [0, 0.05) is 17.8 Å². The number of aromatic amines is 1. The second kappa shape index (κ2) is 4.02. The zero-order valence-corrected chi connectivity index (χ0v) is 11.0. The molecule has 3 heteroatoms. The van der Waals surface area contributed by atoms with Gasteiger partial charge in [0.05, 0.1) is 5.02 Å². The molecule has 2 nitrogen and oxygen atoms in total. The Balaban J connectivity index is 2.16. The molecule has 0 bridgehead atoms. The fourth-order valence-electron chi connectivity index (χ4n) is 3.15. The zero-order chi connectivity index (χ0) is 12.0. The number of nitrogens with one attached hydrogen (secondary N) is 1. The quantitative estimate of drug-likeness (QED) is 0.798. The summed E-state index contributed by atoms with van der Waals surface area (Å²) in [6.07, 6.45) is 6.27. The Bertz CT molecular complexity index is 546. The predicted molar refractivity (Wildman–Crippen MR) is 71.4 cm³/mol. The Hall–Kier alpha value is -1.02. The Morgan fingerprint density at radius 2 is 2.18 bits per heavy atom. The van der Waals surface area contributed by atoms with Crippen molar-refractivity contribution >= 4 is 22.6 Å². The van der Waals surface area contributed by atoms with Crippen LogP contribution in [0.2, 0.25) is 5.02 Å². The monoisotopic (exact) mass is 248 g/mol. The molecule has 90 valence electrons. The molecule has 0 aliphatic heterocycles. The number of nitrogens with zero attached hydrogens (tertiary/aromatic N) is 1. The normalized spacial score (nSPS) is 29.0. The second-order valence-corrected chi connectivity index (χ2v) is 5.69. The minimum absolute atomic E-state index is 0.582. The van der Waals surface area contributed by atoms with Gasteiger partial charge in [-0.25, -0.2) is 4.98 Å². The van der Waals surface area contributed by atoms with Gasteiger partial charge in [-0.05, 0) is 42.2 Å². The van der Waals surface area contributed by atoms with Crippen molar-refractivity contribution in [1.29, 1.82) is 0 Å². The molecule has 0 saturated heterocycles. The van der Waals surface area contributed by atoms with Gasteiger partial charge < -0.3 is 4.98 Å². The molecule has 1 fully saturated rings. The van der Waals surface area contributed by atoms with Gasteiger partial charge in [-0.15, -0.1) is 0 Å². The van der Waals surface area contributed by atoms with E-state index in [2.05, 4.69) is 29.9 Å². The molecule has 1 aliphatic carbocycles. The van der Waals surface area contributed by atoms with Crippen LogP contribution in [0, 0.1) is 11.8 Å². The fraction of sp³-hybridized carbons (Fsp3) is 0.500. The average Bonchev–Trinajstić information content (AvgIpc) is 2.89. The van der Waals surface area contributed by atoms with E-state index in [0.717, 1.165) is 16.6 Å². The predicted octanol–water partition coefficient (Wildman–Crippen LogP) is 4.37. The SMILES string of the molecule is CC1CCC(c2c(Cl)cnc3[nH]ccc23)C1C. The lowest BCUT2D eigenvalue weighted by atomic mass is 9.86. The summed E-state index contributed by atoms with van der Waals surface area (Å²) in [6, 6.07) is 2.10. The number of H-pyrrole nitrogens is 1. The first-order valence-electron chi connectivity index (χ1n) is 6.30. The van der Waals surface area contributed by atoms with E-state index in [1.54, 1.807) is 6.20 Å². The summed E-state index contributed by atoms with van der Waals surface area (Å²) in [5, 5.41) is 2.02. The van der Waals surface area contributed by atoms with E-state index in [1.165, 1.54) is 23.8 Å². The van der Waals surface area contributed by atoms with Gasteiger partial charge in [0.2, 0.25) is 0 Å². The summed E-state index contributed by atoms with van der Waals surface area (Å²) in [5.41, 5.74) is 2.26. The third-order valence-corrected chi connectivity index (χ3v) is 4.72. The maximum atomic E-state index is 6.38. The average molecular weight is 249 g/mol. The zero-order valence-electron chi connectivity index (χ0n) is 10.2. The molecule has 2 aromatic heterocycles. The number of aromatic nitrogens is 2. The highest BCUT2D eigenvalue weighted by molar-refractivity contribution is 6.32. The first-order valence-corrected chi connectivity index (χ1v) is 6.67. The van der Waals surface area contributed by atoms with Crippen LogP contribution in [0.5, 0.6) is 0 Å². The largest absolute Gasteiger partial charge is 0.346 e. The molecular weight excluding hydrogens is 232 g/mol. The van der Waals surface area contributed by atoms with Crippen LogP contribution >= 0.6 is 11.6 Å². The van der Waals surface area contributed by atoms with Crippen molar-refractivity contribution in [2.24, 2.45) is 11.8 Å². The van der Waals surface area contributed by atoms with Crippen molar-refractivity contribution in [3.8, 4) is 0 Å². The molecule has 0 amide bonds. The van der Waals surface area contributed by atoms with E-state index in [-0.39, 0.29) is 0 Å². The van der Waals surface area contributed by atoms with Crippen LogP contribution in [0.25, 0.3) is 11.0 Å². The number of pyridine rings is 1. The van der Waals surface area contributed by atoms with Crippen LogP contribution < -0.4 is 0 Å². The molecule has 0 radical (unpaired) electrons. The van der Waals surface area contributed by atoms with Crippen LogP contribution in [0.15, 0.2) is 18.5 Å². The van der Waals surface area contributed by atoms with E-state index in [9.17, 15) is 0 Å². The fourth-order valence-corrected chi connectivity index (χ4v) is 3.44. The maximum absolute atomic E-state index is 6.38. The molecule has 0 spiro atoms. The minimum atomic E-state index is 0.582. The van der Waals surface area contributed by atoms with E-state index in [1.807, 2.05) is 6.20 Å². The van der Waals surface area contributed by atoms with Gasteiger partial charge in [0.25, 0.3) is 0 Å². The van der Waals surface area contributed by atoms with Crippen molar-refractivity contribution in [1.82, 2.24) is 9.97 Å². The van der Waals surface area contributed by atoms with Crippen LogP contribution in [0.4, 0.5) is 0 Å². The van der Waals surface area contributed by atoms with Crippen molar-refractivity contribution in [2.75, 3.05) is 0 Å². The molecule has 2 heterocycles. The Kier molecular flexibility index (Phi) is 2.62. The van der Waals surface area contributed by atoms with Gasteiger partial charge in [-0.1, -0.05) is 25.4 Å². The molecule has 3 atom stereocenters. The third-order valence-electron chi connectivity index (χ3n) is 4.42. The van der Waals surface area contributed by atoms with Gasteiger partial charge in [0.1, 0.15) is 5.65 Å². The third kappa shape index (κ3) is 1.66. The van der Waals surface area contributed by atoms with Crippen LogP contribution in [0.3, 0.4) is 0 Å². The first kappa shape index (κ1) is 11.1. The molecule has 17 heavy (non-hydrogen) atoms. The first-order chi connectivity index (χ1) is 8.18. The van der Waals surface area contributed by atoms with Gasteiger partial charge in [-0.2, -0.15) is 0 Å². The summed E-state index contributed by atoms with van der Waals surface area (Å²) in [5.74, 6) is 2.07. The molecule has 0 aromatic carbocycles. The van der Waals surface area contributed by atoms with E-state index >= 15 is 0 Å². The highest BCUT2D eigenvalue weighted by atomic mass is 35.5. The summed E-state index contributed by atoms with van der Waals surface area (Å²) >= 11 is 6.38. The number of fused-ring (bicyclic) bond motifs is 1. The molecular formula is C14H17ClN2. The van der Waals surface area contributed by atoms with Crippen LogP contribution in [0.1, 0.15) is 38.2 Å². The second-order valence-electron chi connectivity index (χ2n) is 5.28. The van der Waals surface area contributed by atoms with E-state index in [0.29, 0.717) is 11.8 Å². The smallest absolute Gasteiger partial charge is 0.137 e. The van der Waals surface area contributed by atoms with Gasteiger partial charge in [0.15, 0.2) is 0 Å². The number of hydrogen-bond donors (Lipinski definition) is 1. The highest BCUT2D eigenvalue weighted by Gasteiger charge is 2.33. The summed E-state index contributed by atoms with van der Waals surface area (Å²) in [7, 11) is 0. The van der Waals surface area contributed by atoms with Crippen LogP contribution in [-0.4, -0.2) is 9.97 Å². The lowest BCUT2D eigenvalue weighted by molar-refractivity contribution is 0.424. The Morgan fingerprint density at radius 3 is 2.88 bits per heavy atom. The standard InChI is InChI=1S/C14H17ClN2/c1-8-3-4-10(9(8)2)13-11-5-6-16-14(11)17-7-12(13)15/h5-10H,3-4H2,1-2H3,(H,16,17). The minimum Gasteiger partial charge on any atom is -0.346 e. The number of halogens is 1. The summed E-state index contributed by atoms with van der Waals surface area (Å²) in [4.78, 5) is 7.50. The molecule has 1 aliphatic rings. The molecule has 1 N–H and O–H groups in total. The summed E-state index contributed by atoms with van der Waals surface area (Å²) < 4.78 is 0. The lowest BCUT2D eigenvalue weighted by Crippen LogP contribution is -2.08. The van der Waals surface area contributed by atoms with Crippen LogP contribution in [-0.2, 0) is 0 Å². The maximum Gasteiger partial charge on any atom is 0.137 e. The molecule has 3 rings (SSSR count). The topological polar surface area (TPSA) is 28.7 Å². The molecule has 2 aromatic rings. The Morgan fingerprint density at radius 1 is 1.35 bits per heavy atom. The number of hydrogen-bond acceptors (Lipinski definition) is 1.